The summed E-state index contributed by atoms with van der Waals surface area (Å²) < 4.78 is 36.4. The Labute approximate surface area is 334 Å². The summed E-state index contributed by atoms with van der Waals surface area (Å²) in [5.41, 5.74) is -5.47. The summed E-state index contributed by atoms with van der Waals surface area (Å²) in [6, 6.07) is 4.40. The van der Waals surface area contributed by atoms with Gasteiger partial charge in [0, 0.05) is 43.3 Å². The van der Waals surface area contributed by atoms with Crippen molar-refractivity contribution in [2.45, 2.75) is 140 Å². The van der Waals surface area contributed by atoms with Crippen LogP contribution in [-0.4, -0.2) is 124 Å². The molecular formula is C43H61NO13. The summed E-state index contributed by atoms with van der Waals surface area (Å²) in [5, 5.41) is 51.9. The van der Waals surface area contributed by atoms with Crippen molar-refractivity contribution in [3.8, 4) is 11.5 Å². The molecule has 0 aromatic heterocycles. The highest BCUT2D eigenvalue weighted by Crippen LogP contribution is 2.77. The molecular weight excluding hydrogens is 738 g/mol. The van der Waals surface area contributed by atoms with Gasteiger partial charge in [0.2, 0.25) is 5.79 Å². The fourth-order valence-electron chi connectivity index (χ4n) is 13.5. The SMILES string of the molecule is CC[C@@H](C)C(=O)O[C@H]1[C@H](O)[C@H]2[C@@H](CN3C[C@@H](C)CC[C@H]3[C@@]2(C)O)[C@@H]2C[C@]34O[C@]5(O)[C@@H](OC(=O)c6ccc(OC)c(OC)c6)CC[C@@]3(C)[C@@H]5C[C@@H](OC(C)=O)[C@H]4[C@@]21O. The van der Waals surface area contributed by atoms with Crippen molar-refractivity contribution in [2.75, 3.05) is 27.3 Å². The minimum atomic E-state index is -2.05. The molecule has 14 heteroatoms. The van der Waals surface area contributed by atoms with Crippen LogP contribution in [0.5, 0.6) is 11.5 Å². The van der Waals surface area contributed by atoms with E-state index >= 15 is 0 Å². The normalized spacial score (nSPS) is 47.3. The first-order valence-electron chi connectivity index (χ1n) is 20.9. The number of aliphatic hydroxyl groups excluding tert-OH is 1. The van der Waals surface area contributed by atoms with E-state index in [0.29, 0.717) is 36.8 Å². The van der Waals surface area contributed by atoms with E-state index in [1.54, 1.807) is 26.0 Å². The Morgan fingerprint density at radius 3 is 2.39 bits per heavy atom. The van der Waals surface area contributed by atoms with Gasteiger partial charge in [0.1, 0.15) is 11.7 Å². The molecule has 1 aromatic carbocycles. The van der Waals surface area contributed by atoms with Gasteiger partial charge in [-0.05, 0) is 87.8 Å². The highest BCUT2D eigenvalue weighted by atomic mass is 16.7. The summed E-state index contributed by atoms with van der Waals surface area (Å²) in [6.45, 7) is 12.0. The van der Waals surface area contributed by atoms with Gasteiger partial charge in [-0.25, -0.2) is 4.79 Å². The zero-order valence-corrected chi connectivity index (χ0v) is 34.4. The second kappa shape index (κ2) is 13.8. The van der Waals surface area contributed by atoms with E-state index in [-0.39, 0.29) is 30.9 Å². The topological polar surface area (TPSA) is 191 Å². The third-order valence-corrected chi connectivity index (χ3v) is 16.2. The number of aliphatic hydroxyl groups is 4. The molecule has 4 N–H and O–H groups in total. The van der Waals surface area contributed by atoms with Gasteiger partial charge < -0.3 is 48.8 Å². The molecule has 4 saturated carbocycles. The van der Waals surface area contributed by atoms with Crippen LogP contribution >= 0.6 is 0 Å². The van der Waals surface area contributed by atoms with Crippen molar-refractivity contribution in [1.82, 2.24) is 4.90 Å². The zero-order valence-electron chi connectivity index (χ0n) is 34.4. The predicted molar refractivity (Wildman–Crippen MR) is 202 cm³/mol. The molecule has 3 aliphatic heterocycles. The van der Waals surface area contributed by atoms with Gasteiger partial charge in [0.25, 0.3) is 0 Å². The molecule has 0 radical (unpaired) electrons. The number of methoxy groups -OCH3 is 2. The summed E-state index contributed by atoms with van der Waals surface area (Å²) in [7, 11) is 2.95. The maximum atomic E-state index is 13.8. The molecule has 8 rings (SSSR count). The number of hydrogen-bond acceptors (Lipinski definition) is 14. The second-order valence-corrected chi connectivity index (χ2v) is 19.0. The number of carbonyl (C=O) groups is 3. The predicted octanol–water partition coefficient (Wildman–Crippen LogP) is 3.24. The molecule has 3 saturated heterocycles. The van der Waals surface area contributed by atoms with Crippen molar-refractivity contribution >= 4 is 17.9 Å². The number of benzene rings is 1. The first-order chi connectivity index (χ1) is 26.8. The Morgan fingerprint density at radius 2 is 1.72 bits per heavy atom. The van der Waals surface area contributed by atoms with Crippen molar-refractivity contribution in [1.29, 1.82) is 0 Å². The third kappa shape index (κ3) is 5.59. The molecule has 316 valence electrons. The van der Waals surface area contributed by atoms with Crippen LogP contribution in [-0.2, 0) is 28.5 Å². The summed E-state index contributed by atoms with van der Waals surface area (Å²) >= 11 is 0. The first kappa shape index (κ1) is 40.8. The lowest BCUT2D eigenvalue weighted by Crippen LogP contribution is -2.77. The average Bonchev–Trinajstić information content (AvgIpc) is 3.44. The van der Waals surface area contributed by atoms with Crippen LogP contribution < -0.4 is 9.47 Å². The van der Waals surface area contributed by atoms with E-state index < -0.39 is 106 Å². The molecule has 7 aliphatic rings. The summed E-state index contributed by atoms with van der Waals surface area (Å²) in [4.78, 5) is 42.8. The number of carbonyl (C=O) groups excluding carboxylic acids is 3. The second-order valence-electron chi connectivity index (χ2n) is 19.0. The third-order valence-electron chi connectivity index (χ3n) is 16.2. The lowest BCUT2D eigenvalue weighted by Gasteiger charge is -2.64. The van der Waals surface area contributed by atoms with Crippen LogP contribution in [0.2, 0.25) is 0 Å². The number of esters is 3. The van der Waals surface area contributed by atoms with Gasteiger partial charge >= 0.3 is 17.9 Å². The number of hydrogen-bond donors (Lipinski definition) is 4. The monoisotopic (exact) mass is 799 g/mol. The molecule has 1 spiro atoms. The van der Waals surface area contributed by atoms with E-state index in [4.69, 9.17) is 28.4 Å². The van der Waals surface area contributed by atoms with Crippen molar-refractivity contribution in [3.63, 3.8) is 0 Å². The molecule has 1 aromatic rings. The van der Waals surface area contributed by atoms with Crippen LogP contribution in [0, 0.1) is 46.8 Å². The molecule has 57 heavy (non-hydrogen) atoms. The van der Waals surface area contributed by atoms with E-state index in [2.05, 4.69) is 11.8 Å². The van der Waals surface area contributed by atoms with Gasteiger partial charge in [-0.15, -0.1) is 0 Å². The van der Waals surface area contributed by atoms with Gasteiger partial charge in [0.05, 0.1) is 48.9 Å². The standard InChI is InChI=1S/C43H61NO13/c1-9-22(3)37(47)56-36-34(46)33-25(20-44-19-21(2)10-13-31(44)40(33,6)49)26-18-41-35(42(26,36)50)29(54-23(4)45)17-30-39(41,5)15-14-32(43(30,51)57-41)55-38(48)24-11-12-27(52-7)28(16-24)53-8/h11-12,16,21-22,25-26,29-36,46,49-51H,9-10,13-15,17-20H2,1-8H3/t21-,22+,25-,26-,29+,30-,31-,32-,33+,34+,35+,36-,39-,40+,41+,42-,43-/m0/s1. The summed E-state index contributed by atoms with van der Waals surface area (Å²) in [6.07, 6.45) is -2.14. The molecule has 0 amide bonds. The zero-order chi connectivity index (χ0) is 41.2. The summed E-state index contributed by atoms with van der Waals surface area (Å²) in [5.74, 6) is -7.10. The Hall–Kier alpha value is -3.01. The molecule has 0 unspecified atom stereocenters. The maximum Gasteiger partial charge on any atom is 0.338 e. The minimum absolute atomic E-state index is 0.0537. The van der Waals surface area contributed by atoms with Gasteiger partial charge in [-0.3, -0.25) is 14.5 Å². The fraction of sp³-hybridized carbons (Fsp3) is 0.791. The van der Waals surface area contributed by atoms with E-state index in [1.165, 1.54) is 27.2 Å². The molecule has 3 heterocycles. The largest absolute Gasteiger partial charge is 0.493 e. The fourth-order valence-corrected chi connectivity index (χ4v) is 13.5. The molecule has 7 fully saturated rings. The Balaban J connectivity index is 1.24. The van der Waals surface area contributed by atoms with Crippen LogP contribution in [0.3, 0.4) is 0 Å². The Bertz CT molecular complexity index is 1790. The Morgan fingerprint density at radius 1 is 1.00 bits per heavy atom. The molecule has 17 atom stereocenters. The van der Waals surface area contributed by atoms with Crippen LogP contribution in [0.15, 0.2) is 18.2 Å². The first-order valence-corrected chi connectivity index (χ1v) is 20.9. The van der Waals surface area contributed by atoms with Crippen molar-refractivity contribution in [3.05, 3.63) is 23.8 Å². The minimum Gasteiger partial charge on any atom is -0.493 e. The molecule has 14 nitrogen and oxygen atoms in total. The lowest BCUT2D eigenvalue weighted by molar-refractivity contribution is -0.299. The molecule has 4 aliphatic carbocycles. The highest BCUT2D eigenvalue weighted by molar-refractivity contribution is 5.90. The van der Waals surface area contributed by atoms with Crippen LogP contribution in [0.1, 0.15) is 96.8 Å². The van der Waals surface area contributed by atoms with Crippen molar-refractivity contribution < 1.29 is 63.2 Å². The number of ether oxygens (including phenoxy) is 6. The smallest absolute Gasteiger partial charge is 0.338 e. The number of fused-ring (bicyclic) bond motifs is 5. The molecule has 4 bridgehead atoms. The van der Waals surface area contributed by atoms with E-state index in [9.17, 15) is 34.8 Å². The maximum absolute atomic E-state index is 13.8. The average molecular weight is 800 g/mol. The number of rotatable bonds is 8. The van der Waals surface area contributed by atoms with Crippen LogP contribution in [0.25, 0.3) is 0 Å². The van der Waals surface area contributed by atoms with Crippen molar-refractivity contribution in [2.24, 2.45) is 46.8 Å². The Kier molecular flexibility index (Phi) is 9.85. The lowest BCUT2D eigenvalue weighted by atomic mass is 9.49. The quantitative estimate of drug-likeness (QED) is 0.222. The number of nitrogens with zero attached hydrogens (tertiary/aromatic N) is 1. The van der Waals surface area contributed by atoms with E-state index in [0.717, 1.165) is 19.4 Å². The highest BCUT2D eigenvalue weighted by Gasteiger charge is 2.87. The van der Waals surface area contributed by atoms with Gasteiger partial charge in [0.15, 0.2) is 23.7 Å². The van der Waals surface area contributed by atoms with Gasteiger partial charge in [-0.2, -0.15) is 0 Å². The van der Waals surface area contributed by atoms with E-state index in [1.807, 2.05) is 13.8 Å². The van der Waals surface area contributed by atoms with Gasteiger partial charge in [-0.1, -0.05) is 27.7 Å². The van der Waals surface area contributed by atoms with Crippen LogP contribution in [0.4, 0.5) is 0 Å². The number of piperidine rings is 2.